The van der Waals surface area contributed by atoms with Gasteiger partial charge in [-0.2, -0.15) is 0 Å². The van der Waals surface area contributed by atoms with Crippen molar-refractivity contribution in [1.82, 2.24) is 5.32 Å². The maximum atomic E-state index is 9.06. The second-order valence-electron chi connectivity index (χ2n) is 4.41. The SMILES string of the molecule is COCC(C)(CCO)NCc1ccccc1Cl. The quantitative estimate of drug-likeness (QED) is 0.787. The molecule has 0 radical (unpaired) electrons. The Kier molecular flexibility index (Phi) is 5.92. The maximum Gasteiger partial charge on any atom is 0.0642 e. The van der Waals surface area contributed by atoms with E-state index >= 15 is 0 Å². The zero-order chi connectivity index (χ0) is 12.7. The van der Waals surface area contributed by atoms with Crippen LogP contribution in [0.5, 0.6) is 0 Å². The summed E-state index contributed by atoms with van der Waals surface area (Å²) in [4.78, 5) is 0. The molecule has 0 spiro atoms. The number of rotatable bonds is 7. The van der Waals surface area contributed by atoms with Crippen LogP contribution in [0.25, 0.3) is 0 Å². The number of halogens is 1. The molecule has 2 N–H and O–H groups in total. The summed E-state index contributed by atoms with van der Waals surface area (Å²) in [6.07, 6.45) is 0.644. The van der Waals surface area contributed by atoms with Gasteiger partial charge in [0.2, 0.25) is 0 Å². The molecule has 17 heavy (non-hydrogen) atoms. The molecule has 96 valence electrons. The van der Waals surface area contributed by atoms with E-state index in [1.165, 1.54) is 0 Å². The molecule has 1 unspecified atom stereocenters. The molecule has 1 aromatic carbocycles. The fourth-order valence-corrected chi connectivity index (χ4v) is 1.93. The third-order valence-electron chi connectivity index (χ3n) is 2.79. The summed E-state index contributed by atoms with van der Waals surface area (Å²) >= 11 is 6.09. The number of hydrogen-bond donors (Lipinski definition) is 2. The van der Waals surface area contributed by atoms with Crippen LogP contribution in [0, 0.1) is 0 Å². The van der Waals surface area contributed by atoms with Crippen molar-refractivity contribution in [3.63, 3.8) is 0 Å². The molecular weight excluding hydrogens is 238 g/mol. The predicted molar refractivity (Wildman–Crippen MR) is 70.3 cm³/mol. The molecule has 0 aromatic heterocycles. The zero-order valence-electron chi connectivity index (χ0n) is 10.4. The number of benzene rings is 1. The first-order valence-electron chi connectivity index (χ1n) is 5.69. The molecule has 0 saturated heterocycles. The molecule has 0 aliphatic rings. The van der Waals surface area contributed by atoms with Gasteiger partial charge in [0.15, 0.2) is 0 Å². The molecule has 4 heteroatoms. The van der Waals surface area contributed by atoms with Gasteiger partial charge in [-0.1, -0.05) is 29.8 Å². The van der Waals surface area contributed by atoms with E-state index in [1.807, 2.05) is 31.2 Å². The largest absolute Gasteiger partial charge is 0.396 e. The van der Waals surface area contributed by atoms with Crippen LogP contribution in [-0.2, 0) is 11.3 Å². The lowest BCUT2D eigenvalue weighted by molar-refractivity contribution is 0.0970. The Labute approximate surface area is 108 Å². The van der Waals surface area contributed by atoms with E-state index in [2.05, 4.69) is 5.32 Å². The lowest BCUT2D eigenvalue weighted by Gasteiger charge is -2.29. The third kappa shape index (κ3) is 4.64. The van der Waals surface area contributed by atoms with Crippen LogP contribution in [0.2, 0.25) is 5.02 Å². The van der Waals surface area contributed by atoms with Gasteiger partial charge in [0.25, 0.3) is 0 Å². The van der Waals surface area contributed by atoms with Crippen LogP contribution >= 0.6 is 11.6 Å². The molecule has 1 atom stereocenters. The first-order valence-corrected chi connectivity index (χ1v) is 6.07. The summed E-state index contributed by atoms with van der Waals surface area (Å²) in [5.41, 5.74) is 0.817. The van der Waals surface area contributed by atoms with Gasteiger partial charge in [-0.3, -0.25) is 0 Å². The van der Waals surface area contributed by atoms with E-state index in [1.54, 1.807) is 7.11 Å². The summed E-state index contributed by atoms with van der Waals surface area (Å²) in [6.45, 7) is 3.39. The van der Waals surface area contributed by atoms with E-state index in [-0.39, 0.29) is 12.1 Å². The van der Waals surface area contributed by atoms with Gasteiger partial charge in [-0.15, -0.1) is 0 Å². The second kappa shape index (κ2) is 6.97. The van der Waals surface area contributed by atoms with E-state index in [4.69, 9.17) is 21.4 Å². The van der Waals surface area contributed by atoms with Gasteiger partial charge in [0, 0.05) is 30.8 Å². The van der Waals surface area contributed by atoms with Crippen LogP contribution in [0.4, 0.5) is 0 Å². The smallest absolute Gasteiger partial charge is 0.0642 e. The number of ether oxygens (including phenoxy) is 1. The topological polar surface area (TPSA) is 41.5 Å². The highest BCUT2D eigenvalue weighted by Crippen LogP contribution is 2.17. The highest BCUT2D eigenvalue weighted by atomic mass is 35.5. The highest BCUT2D eigenvalue weighted by molar-refractivity contribution is 6.31. The van der Waals surface area contributed by atoms with Crippen molar-refractivity contribution in [3.05, 3.63) is 34.9 Å². The zero-order valence-corrected chi connectivity index (χ0v) is 11.1. The van der Waals surface area contributed by atoms with Crippen molar-refractivity contribution in [3.8, 4) is 0 Å². The van der Waals surface area contributed by atoms with Crippen molar-refractivity contribution < 1.29 is 9.84 Å². The number of aliphatic hydroxyl groups is 1. The second-order valence-corrected chi connectivity index (χ2v) is 4.82. The fraction of sp³-hybridized carbons (Fsp3) is 0.538. The lowest BCUT2D eigenvalue weighted by Crippen LogP contribution is -2.46. The van der Waals surface area contributed by atoms with E-state index in [9.17, 15) is 0 Å². The minimum Gasteiger partial charge on any atom is -0.396 e. The van der Waals surface area contributed by atoms with Gasteiger partial charge in [-0.05, 0) is 25.0 Å². The molecule has 0 fully saturated rings. The van der Waals surface area contributed by atoms with Gasteiger partial charge in [-0.25, -0.2) is 0 Å². The van der Waals surface area contributed by atoms with Crippen LogP contribution in [0.15, 0.2) is 24.3 Å². The Hall–Kier alpha value is -0.610. The lowest BCUT2D eigenvalue weighted by atomic mass is 9.99. The third-order valence-corrected chi connectivity index (χ3v) is 3.16. The van der Waals surface area contributed by atoms with Gasteiger partial charge in [0.05, 0.1) is 6.61 Å². The van der Waals surface area contributed by atoms with Gasteiger partial charge >= 0.3 is 0 Å². The minimum atomic E-state index is -0.233. The molecule has 0 saturated carbocycles. The molecule has 1 rings (SSSR count). The Morgan fingerprint density at radius 2 is 2.12 bits per heavy atom. The van der Waals surface area contributed by atoms with Gasteiger partial charge in [0.1, 0.15) is 0 Å². The average molecular weight is 258 g/mol. The normalized spacial score (nSPS) is 14.6. The van der Waals surface area contributed by atoms with Crippen molar-refractivity contribution >= 4 is 11.6 Å². The van der Waals surface area contributed by atoms with Crippen molar-refractivity contribution in [1.29, 1.82) is 0 Å². The standard InChI is InChI=1S/C13H20ClNO2/c1-13(7-8-16,10-17-2)15-9-11-5-3-4-6-12(11)14/h3-6,15-16H,7-10H2,1-2H3. The Morgan fingerprint density at radius 1 is 1.41 bits per heavy atom. The summed E-state index contributed by atoms with van der Waals surface area (Å²) in [5, 5.41) is 13.2. The van der Waals surface area contributed by atoms with E-state index in [0.29, 0.717) is 19.6 Å². The first-order chi connectivity index (χ1) is 8.11. The van der Waals surface area contributed by atoms with Crippen molar-refractivity contribution in [2.75, 3.05) is 20.3 Å². The molecule has 0 aliphatic heterocycles. The molecule has 1 aromatic rings. The predicted octanol–water partition coefficient (Wildman–Crippen LogP) is 2.22. The Morgan fingerprint density at radius 3 is 2.71 bits per heavy atom. The Balaban J connectivity index is 2.60. The first kappa shape index (κ1) is 14.5. The maximum absolute atomic E-state index is 9.06. The number of methoxy groups -OCH3 is 1. The van der Waals surface area contributed by atoms with Crippen LogP contribution in [0.1, 0.15) is 18.9 Å². The number of hydrogen-bond acceptors (Lipinski definition) is 3. The Bertz CT molecular complexity index is 338. The molecule has 3 nitrogen and oxygen atoms in total. The molecule has 0 bridgehead atoms. The molecule has 0 aliphatic carbocycles. The van der Waals surface area contributed by atoms with Crippen molar-refractivity contribution in [2.24, 2.45) is 0 Å². The summed E-state index contributed by atoms with van der Waals surface area (Å²) in [7, 11) is 1.66. The molecule has 0 amide bonds. The average Bonchev–Trinajstić information content (AvgIpc) is 2.29. The van der Waals surface area contributed by atoms with E-state index < -0.39 is 0 Å². The van der Waals surface area contributed by atoms with E-state index in [0.717, 1.165) is 10.6 Å². The number of aliphatic hydroxyl groups excluding tert-OH is 1. The fourth-order valence-electron chi connectivity index (χ4n) is 1.73. The van der Waals surface area contributed by atoms with Gasteiger partial charge < -0.3 is 15.2 Å². The highest BCUT2D eigenvalue weighted by Gasteiger charge is 2.22. The van der Waals surface area contributed by atoms with Crippen molar-refractivity contribution in [2.45, 2.75) is 25.4 Å². The molecule has 0 heterocycles. The minimum absolute atomic E-state index is 0.134. The summed E-state index contributed by atoms with van der Waals surface area (Å²) in [5.74, 6) is 0. The monoisotopic (exact) mass is 257 g/mol. The van der Waals surface area contributed by atoms with Crippen LogP contribution in [-0.4, -0.2) is 31.0 Å². The molecular formula is C13H20ClNO2. The van der Waals surface area contributed by atoms with Crippen LogP contribution < -0.4 is 5.32 Å². The summed E-state index contributed by atoms with van der Waals surface area (Å²) < 4.78 is 5.17. The number of nitrogens with one attached hydrogen (secondary N) is 1. The van der Waals surface area contributed by atoms with Crippen LogP contribution in [0.3, 0.4) is 0 Å². The summed E-state index contributed by atoms with van der Waals surface area (Å²) in [6, 6.07) is 7.73.